The van der Waals surface area contributed by atoms with Gasteiger partial charge in [-0.2, -0.15) is 0 Å². The predicted molar refractivity (Wildman–Crippen MR) is 187 cm³/mol. The van der Waals surface area contributed by atoms with E-state index >= 15 is 0 Å². The topological polar surface area (TPSA) is 195 Å². The summed E-state index contributed by atoms with van der Waals surface area (Å²) in [6.45, 7) is 0. The Bertz CT molecular complexity index is 1620. The third-order valence-corrected chi connectivity index (χ3v) is 6.60. The molecule has 0 radical (unpaired) electrons. The molecule has 9 nitrogen and oxygen atoms in total. The SMILES string of the molecule is Nc1ccc(Cc2cc(N)ccn2)cc1.Nc1ccc(Cc2ccc(N)cn2)cc1.Nc1ccc(Cc2cccc(N)c2)nc1. The number of aromatic nitrogens is 3. The van der Waals surface area contributed by atoms with Gasteiger partial charge in [-0.05, 0) is 89.5 Å². The molecular formula is C36H39N9. The van der Waals surface area contributed by atoms with E-state index in [-0.39, 0.29) is 0 Å². The van der Waals surface area contributed by atoms with Crippen LogP contribution >= 0.6 is 0 Å². The number of hydrogen-bond donors (Lipinski definition) is 6. The van der Waals surface area contributed by atoms with E-state index < -0.39 is 0 Å². The van der Waals surface area contributed by atoms with E-state index in [4.69, 9.17) is 34.4 Å². The Labute approximate surface area is 264 Å². The highest BCUT2D eigenvalue weighted by atomic mass is 14.7. The lowest BCUT2D eigenvalue weighted by Crippen LogP contribution is -1.94. The van der Waals surface area contributed by atoms with Crippen LogP contribution in [0.1, 0.15) is 33.8 Å². The highest BCUT2D eigenvalue weighted by Crippen LogP contribution is 2.14. The second kappa shape index (κ2) is 15.9. The first-order chi connectivity index (χ1) is 21.7. The maximum Gasteiger partial charge on any atom is 0.0501 e. The van der Waals surface area contributed by atoms with Gasteiger partial charge in [0.25, 0.3) is 0 Å². The molecular weight excluding hydrogens is 558 g/mol. The summed E-state index contributed by atoms with van der Waals surface area (Å²) >= 11 is 0. The lowest BCUT2D eigenvalue weighted by Gasteiger charge is -2.02. The maximum absolute atomic E-state index is 5.70. The zero-order valence-corrected chi connectivity index (χ0v) is 25.1. The van der Waals surface area contributed by atoms with Crippen molar-refractivity contribution < 1.29 is 0 Å². The van der Waals surface area contributed by atoms with Crippen LogP contribution < -0.4 is 34.4 Å². The van der Waals surface area contributed by atoms with Crippen molar-refractivity contribution in [1.82, 2.24) is 15.0 Å². The monoisotopic (exact) mass is 597 g/mol. The summed E-state index contributed by atoms with van der Waals surface area (Å²) in [4.78, 5) is 12.7. The summed E-state index contributed by atoms with van der Waals surface area (Å²) < 4.78 is 0. The van der Waals surface area contributed by atoms with Crippen LogP contribution in [0.2, 0.25) is 0 Å². The van der Waals surface area contributed by atoms with Gasteiger partial charge in [0.05, 0.1) is 23.8 Å². The van der Waals surface area contributed by atoms with Crippen LogP contribution in [0.5, 0.6) is 0 Å². The van der Waals surface area contributed by atoms with Crippen molar-refractivity contribution in [3.05, 3.63) is 162 Å². The standard InChI is InChI=1S/3C12H13N3/c13-10-3-1-9(2-4-10)7-12-8-11(14)5-6-15-12;13-10-3-1-9(2-4-10)7-12-6-5-11(14)8-15-12;13-10-3-1-2-9(6-10)7-12-5-4-11(14)8-15-12/h1-6,8H,7,13H2,(H2,14,15);2*1-6,8H,7,13-14H2. The van der Waals surface area contributed by atoms with Crippen molar-refractivity contribution in [3.8, 4) is 0 Å². The zero-order chi connectivity index (χ0) is 32.0. The number of anilines is 6. The second-order valence-corrected chi connectivity index (χ2v) is 10.5. The van der Waals surface area contributed by atoms with Crippen LogP contribution in [0.3, 0.4) is 0 Å². The van der Waals surface area contributed by atoms with E-state index in [1.165, 1.54) is 11.1 Å². The van der Waals surface area contributed by atoms with Crippen molar-refractivity contribution >= 4 is 34.1 Å². The molecule has 0 saturated carbocycles. The lowest BCUT2D eigenvalue weighted by molar-refractivity contribution is 1.08. The minimum absolute atomic E-state index is 0.686. The van der Waals surface area contributed by atoms with Crippen LogP contribution in [-0.2, 0) is 19.3 Å². The van der Waals surface area contributed by atoms with E-state index in [9.17, 15) is 0 Å². The fraction of sp³-hybridized carbons (Fsp3) is 0.0833. The van der Waals surface area contributed by atoms with Crippen molar-refractivity contribution in [2.75, 3.05) is 34.4 Å². The molecule has 6 rings (SSSR count). The van der Waals surface area contributed by atoms with Crippen LogP contribution in [0, 0.1) is 0 Å². The van der Waals surface area contributed by atoms with Gasteiger partial charge in [-0.1, -0.05) is 36.4 Å². The number of pyridine rings is 3. The number of nitrogens with two attached hydrogens (primary N) is 6. The van der Waals surface area contributed by atoms with Crippen molar-refractivity contribution in [1.29, 1.82) is 0 Å². The van der Waals surface area contributed by atoms with Crippen molar-refractivity contribution in [2.24, 2.45) is 0 Å². The third-order valence-electron chi connectivity index (χ3n) is 6.60. The molecule has 0 spiro atoms. The molecule has 6 aromatic rings. The van der Waals surface area contributed by atoms with Crippen LogP contribution in [0.25, 0.3) is 0 Å². The number of hydrogen-bond acceptors (Lipinski definition) is 9. The van der Waals surface area contributed by atoms with E-state index in [1.807, 2.05) is 103 Å². The minimum Gasteiger partial charge on any atom is -0.399 e. The summed E-state index contributed by atoms with van der Waals surface area (Å²) in [6.07, 6.45) is 7.44. The number of benzene rings is 3. The number of rotatable bonds is 6. The fourth-order valence-corrected chi connectivity index (χ4v) is 4.28. The largest absolute Gasteiger partial charge is 0.399 e. The van der Waals surface area contributed by atoms with Gasteiger partial charge in [0, 0.05) is 65.3 Å². The molecule has 3 aromatic carbocycles. The van der Waals surface area contributed by atoms with Gasteiger partial charge < -0.3 is 34.4 Å². The highest BCUT2D eigenvalue weighted by molar-refractivity contribution is 5.44. The van der Waals surface area contributed by atoms with Gasteiger partial charge in [-0.3, -0.25) is 15.0 Å². The molecule has 0 aliphatic rings. The zero-order valence-electron chi connectivity index (χ0n) is 25.1. The fourth-order valence-electron chi connectivity index (χ4n) is 4.28. The smallest absolute Gasteiger partial charge is 0.0501 e. The highest BCUT2D eigenvalue weighted by Gasteiger charge is 2.00. The van der Waals surface area contributed by atoms with Crippen LogP contribution in [0.15, 0.2) is 128 Å². The molecule has 0 atom stereocenters. The Morgan fingerprint density at radius 2 is 0.822 bits per heavy atom. The van der Waals surface area contributed by atoms with Crippen molar-refractivity contribution in [2.45, 2.75) is 19.3 Å². The minimum atomic E-state index is 0.686. The molecule has 12 N–H and O–H groups in total. The Morgan fingerprint density at radius 1 is 0.356 bits per heavy atom. The molecule has 0 bridgehead atoms. The molecule has 0 amide bonds. The normalized spacial score (nSPS) is 10.1. The first kappa shape index (κ1) is 31.8. The molecule has 0 aliphatic heterocycles. The Hall–Kier alpha value is -6.09. The van der Waals surface area contributed by atoms with Gasteiger partial charge in [0.1, 0.15) is 0 Å². The summed E-state index contributed by atoms with van der Waals surface area (Å²) in [5.41, 5.74) is 44.7. The first-order valence-electron chi connectivity index (χ1n) is 14.4. The van der Waals surface area contributed by atoms with Gasteiger partial charge in [-0.25, -0.2) is 0 Å². The maximum atomic E-state index is 5.70. The van der Waals surface area contributed by atoms with E-state index in [1.54, 1.807) is 24.7 Å². The molecule has 0 aliphatic carbocycles. The average molecular weight is 598 g/mol. The molecule has 228 valence electrons. The number of nitrogen functional groups attached to an aromatic ring is 6. The summed E-state index contributed by atoms with van der Waals surface area (Å²) in [7, 11) is 0. The Morgan fingerprint density at radius 3 is 1.29 bits per heavy atom. The molecule has 3 aromatic heterocycles. The quantitative estimate of drug-likeness (QED) is 0.134. The van der Waals surface area contributed by atoms with Crippen LogP contribution in [0.4, 0.5) is 34.1 Å². The molecule has 0 saturated heterocycles. The number of nitrogens with zero attached hydrogens (tertiary/aromatic N) is 3. The molecule has 0 fully saturated rings. The van der Waals surface area contributed by atoms with Gasteiger partial charge >= 0.3 is 0 Å². The average Bonchev–Trinajstić information content (AvgIpc) is 3.03. The van der Waals surface area contributed by atoms with Gasteiger partial charge in [0.15, 0.2) is 0 Å². The van der Waals surface area contributed by atoms with Crippen LogP contribution in [-0.4, -0.2) is 15.0 Å². The van der Waals surface area contributed by atoms with Gasteiger partial charge in [0.2, 0.25) is 0 Å². The van der Waals surface area contributed by atoms with E-state index in [0.29, 0.717) is 11.4 Å². The van der Waals surface area contributed by atoms with Gasteiger partial charge in [-0.15, -0.1) is 0 Å². The molecule has 0 unspecified atom stereocenters. The second-order valence-electron chi connectivity index (χ2n) is 10.5. The first-order valence-corrected chi connectivity index (χ1v) is 14.4. The molecule has 9 heteroatoms. The third kappa shape index (κ3) is 11.3. The predicted octanol–water partition coefficient (Wildman–Crippen LogP) is 5.51. The lowest BCUT2D eigenvalue weighted by atomic mass is 10.1. The molecule has 3 heterocycles. The summed E-state index contributed by atoms with van der Waals surface area (Å²) in [6, 6.07) is 34.7. The summed E-state index contributed by atoms with van der Waals surface area (Å²) in [5, 5.41) is 0. The Balaban J connectivity index is 0.000000154. The molecule has 45 heavy (non-hydrogen) atoms. The van der Waals surface area contributed by atoms with Crippen molar-refractivity contribution in [3.63, 3.8) is 0 Å². The van der Waals surface area contributed by atoms with E-state index in [2.05, 4.69) is 15.0 Å². The summed E-state index contributed by atoms with van der Waals surface area (Å²) in [5.74, 6) is 0. The Kier molecular flexibility index (Phi) is 11.3. The van der Waals surface area contributed by atoms with E-state index in [0.717, 1.165) is 64.7 Å².